The van der Waals surface area contributed by atoms with Gasteiger partial charge in [-0.15, -0.1) is 6.58 Å². The Morgan fingerprint density at radius 1 is 1.47 bits per heavy atom. The summed E-state index contributed by atoms with van der Waals surface area (Å²) >= 11 is 0. The van der Waals surface area contributed by atoms with Gasteiger partial charge < -0.3 is 5.32 Å². The van der Waals surface area contributed by atoms with Crippen LogP contribution in [-0.2, 0) is 0 Å². The normalized spacial score (nSPS) is 25.7. The molecule has 0 amide bonds. The minimum Gasteiger partial charge on any atom is -0.317 e. The molecule has 2 unspecified atom stereocenters. The lowest BCUT2D eigenvalue weighted by atomic mass is 9.78. The van der Waals surface area contributed by atoms with Crippen molar-refractivity contribution in [2.24, 2.45) is 5.92 Å². The fourth-order valence-corrected chi connectivity index (χ4v) is 2.43. The van der Waals surface area contributed by atoms with E-state index in [1.54, 1.807) is 0 Å². The van der Waals surface area contributed by atoms with E-state index in [1.807, 2.05) is 6.08 Å². The van der Waals surface area contributed by atoms with Gasteiger partial charge >= 0.3 is 0 Å². The Hall–Kier alpha value is -0.340. The van der Waals surface area contributed by atoms with Gasteiger partial charge in [-0.25, -0.2) is 0 Å². The highest BCUT2D eigenvalue weighted by Crippen LogP contribution is 2.32. The Morgan fingerprint density at radius 2 is 2.20 bits per heavy atom. The zero-order chi connectivity index (χ0) is 11.3. The van der Waals surface area contributed by atoms with Gasteiger partial charge in [-0.3, -0.25) is 4.90 Å². The zero-order valence-corrected chi connectivity index (χ0v) is 10.5. The second-order valence-corrected chi connectivity index (χ2v) is 4.79. The summed E-state index contributed by atoms with van der Waals surface area (Å²) in [4.78, 5) is 2.58. The van der Waals surface area contributed by atoms with E-state index in [4.69, 9.17) is 0 Å². The SMILES string of the molecule is C=CCN(C(C)C)C1CCC1CNCC. The maximum Gasteiger partial charge on any atom is 0.0166 e. The van der Waals surface area contributed by atoms with Crippen LogP contribution in [0.3, 0.4) is 0 Å². The Kier molecular flexibility index (Phi) is 5.34. The van der Waals surface area contributed by atoms with Crippen molar-refractivity contribution < 1.29 is 0 Å². The minimum absolute atomic E-state index is 0.637. The molecule has 0 radical (unpaired) electrons. The standard InChI is InChI=1S/C13H26N2/c1-5-9-15(11(3)4)13-8-7-12(13)10-14-6-2/h5,11-14H,1,6-10H2,2-4H3. The molecule has 88 valence electrons. The predicted molar refractivity (Wildman–Crippen MR) is 67.1 cm³/mol. The van der Waals surface area contributed by atoms with Crippen molar-refractivity contribution in [1.82, 2.24) is 10.2 Å². The van der Waals surface area contributed by atoms with Crippen molar-refractivity contribution in [2.45, 2.75) is 45.7 Å². The summed E-state index contributed by atoms with van der Waals surface area (Å²) in [5.41, 5.74) is 0. The van der Waals surface area contributed by atoms with E-state index in [9.17, 15) is 0 Å². The van der Waals surface area contributed by atoms with E-state index in [0.29, 0.717) is 6.04 Å². The Labute approximate surface area is 94.7 Å². The van der Waals surface area contributed by atoms with Gasteiger partial charge in [0.1, 0.15) is 0 Å². The molecule has 2 nitrogen and oxygen atoms in total. The fraction of sp³-hybridized carbons (Fsp3) is 0.846. The summed E-state index contributed by atoms with van der Waals surface area (Å²) in [5, 5.41) is 3.46. The van der Waals surface area contributed by atoms with Crippen LogP contribution in [0.25, 0.3) is 0 Å². The van der Waals surface area contributed by atoms with Crippen LogP contribution in [0, 0.1) is 5.92 Å². The van der Waals surface area contributed by atoms with Crippen LogP contribution in [0.5, 0.6) is 0 Å². The van der Waals surface area contributed by atoms with Crippen molar-refractivity contribution >= 4 is 0 Å². The van der Waals surface area contributed by atoms with E-state index >= 15 is 0 Å². The molecule has 1 aliphatic carbocycles. The van der Waals surface area contributed by atoms with Crippen LogP contribution < -0.4 is 5.32 Å². The largest absolute Gasteiger partial charge is 0.317 e. The first-order valence-electron chi connectivity index (χ1n) is 6.28. The molecule has 2 heteroatoms. The summed E-state index contributed by atoms with van der Waals surface area (Å²) in [7, 11) is 0. The Bertz CT molecular complexity index is 189. The summed E-state index contributed by atoms with van der Waals surface area (Å²) < 4.78 is 0. The molecule has 15 heavy (non-hydrogen) atoms. The lowest BCUT2D eigenvalue weighted by Crippen LogP contribution is -2.52. The third kappa shape index (κ3) is 3.32. The van der Waals surface area contributed by atoms with Crippen molar-refractivity contribution in [3.05, 3.63) is 12.7 Å². The molecule has 0 saturated heterocycles. The summed E-state index contributed by atoms with van der Waals surface area (Å²) in [5.74, 6) is 0.854. The zero-order valence-electron chi connectivity index (χ0n) is 10.5. The predicted octanol–water partition coefficient (Wildman–Crippen LogP) is 2.27. The molecule has 0 aromatic carbocycles. The second-order valence-electron chi connectivity index (χ2n) is 4.79. The third-order valence-electron chi connectivity index (χ3n) is 3.46. The molecule has 1 aliphatic rings. The number of hydrogen-bond acceptors (Lipinski definition) is 2. The van der Waals surface area contributed by atoms with Gasteiger partial charge in [-0.1, -0.05) is 13.0 Å². The highest BCUT2D eigenvalue weighted by molar-refractivity contribution is 4.93. The van der Waals surface area contributed by atoms with E-state index in [2.05, 4.69) is 37.6 Å². The van der Waals surface area contributed by atoms with Crippen molar-refractivity contribution in [2.75, 3.05) is 19.6 Å². The van der Waals surface area contributed by atoms with Crippen molar-refractivity contribution in [3.8, 4) is 0 Å². The van der Waals surface area contributed by atoms with Crippen molar-refractivity contribution in [3.63, 3.8) is 0 Å². The highest BCUT2D eigenvalue weighted by atomic mass is 15.2. The fourth-order valence-electron chi connectivity index (χ4n) is 2.43. The molecule has 0 aromatic heterocycles. The number of nitrogens with one attached hydrogen (secondary N) is 1. The molecule has 1 saturated carbocycles. The lowest BCUT2D eigenvalue weighted by Gasteiger charge is -2.46. The van der Waals surface area contributed by atoms with Gasteiger partial charge in [0.05, 0.1) is 0 Å². The van der Waals surface area contributed by atoms with Gasteiger partial charge in [-0.2, -0.15) is 0 Å². The minimum atomic E-state index is 0.637. The smallest absolute Gasteiger partial charge is 0.0166 e. The average Bonchev–Trinajstić information content (AvgIpc) is 2.16. The Balaban J connectivity index is 2.42. The van der Waals surface area contributed by atoms with E-state index in [0.717, 1.165) is 25.0 Å². The average molecular weight is 210 g/mol. The monoisotopic (exact) mass is 210 g/mol. The van der Waals surface area contributed by atoms with E-state index < -0.39 is 0 Å². The molecular weight excluding hydrogens is 184 g/mol. The molecule has 0 bridgehead atoms. The molecule has 0 spiro atoms. The Morgan fingerprint density at radius 3 is 2.60 bits per heavy atom. The number of rotatable bonds is 7. The molecule has 0 aliphatic heterocycles. The molecule has 2 atom stereocenters. The third-order valence-corrected chi connectivity index (χ3v) is 3.46. The molecule has 1 rings (SSSR count). The van der Waals surface area contributed by atoms with Crippen LogP contribution in [0.4, 0.5) is 0 Å². The van der Waals surface area contributed by atoms with Crippen LogP contribution in [-0.4, -0.2) is 36.6 Å². The van der Waals surface area contributed by atoms with Gasteiger partial charge in [0.2, 0.25) is 0 Å². The molecule has 0 aromatic rings. The summed E-state index contributed by atoms with van der Waals surface area (Å²) in [6.45, 7) is 13.9. The first-order valence-corrected chi connectivity index (χ1v) is 6.28. The van der Waals surface area contributed by atoms with E-state index in [-0.39, 0.29) is 0 Å². The lowest BCUT2D eigenvalue weighted by molar-refractivity contribution is 0.0482. The molecule has 1 N–H and O–H groups in total. The molecule has 0 heterocycles. The first kappa shape index (κ1) is 12.7. The molecule has 1 fully saturated rings. The number of nitrogens with zero attached hydrogens (tertiary/aromatic N) is 1. The highest BCUT2D eigenvalue weighted by Gasteiger charge is 2.35. The molecular formula is C13H26N2. The van der Waals surface area contributed by atoms with Crippen LogP contribution in [0.2, 0.25) is 0 Å². The quantitative estimate of drug-likeness (QED) is 0.649. The number of hydrogen-bond donors (Lipinski definition) is 1. The van der Waals surface area contributed by atoms with Gasteiger partial charge in [0, 0.05) is 18.6 Å². The van der Waals surface area contributed by atoms with Crippen LogP contribution in [0.15, 0.2) is 12.7 Å². The van der Waals surface area contributed by atoms with Gasteiger partial charge in [0.25, 0.3) is 0 Å². The van der Waals surface area contributed by atoms with Crippen LogP contribution in [0.1, 0.15) is 33.6 Å². The maximum atomic E-state index is 3.85. The van der Waals surface area contributed by atoms with E-state index in [1.165, 1.54) is 19.4 Å². The van der Waals surface area contributed by atoms with Crippen molar-refractivity contribution in [1.29, 1.82) is 0 Å². The maximum absolute atomic E-state index is 3.85. The second kappa shape index (κ2) is 6.29. The van der Waals surface area contributed by atoms with Crippen LogP contribution >= 0.6 is 0 Å². The summed E-state index contributed by atoms with van der Waals surface area (Å²) in [6.07, 6.45) is 4.78. The topological polar surface area (TPSA) is 15.3 Å². The van der Waals surface area contributed by atoms with Gasteiger partial charge in [0.15, 0.2) is 0 Å². The first-order chi connectivity index (χ1) is 7.20. The van der Waals surface area contributed by atoms with Gasteiger partial charge in [-0.05, 0) is 45.7 Å². The summed E-state index contributed by atoms with van der Waals surface area (Å²) in [6, 6.07) is 1.42.